The summed E-state index contributed by atoms with van der Waals surface area (Å²) in [6, 6.07) is 16.1. The molecule has 2 aromatic carbocycles. The Kier molecular flexibility index (Phi) is 5.11. The van der Waals surface area contributed by atoms with Crippen molar-refractivity contribution in [1.29, 1.82) is 0 Å². The topological polar surface area (TPSA) is 89.6 Å². The summed E-state index contributed by atoms with van der Waals surface area (Å²) >= 11 is 0. The Morgan fingerprint density at radius 1 is 0.966 bits per heavy atom. The van der Waals surface area contributed by atoms with Crippen molar-refractivity contribution in [2.75, 3.05) is 12.1 Å². The van der Waals surface area contributed by atoms with Gasteiger partial charge in [0, 0.05) is 30.1 Å². The molecule has 0 bridgehead atoms. The molecule has 7 nitrogen and oxygen atoms in total. The van der Waals surface area contributed by atoms with Crippen molar-refractivity contribution in [2.45, 2.75) is 13.5 Å². The summed E-state index contributed by atoms with van der Waals surface area (Å²) in [4.78, 5) is 29.0. The van der Waals surface area contributed by atoms with Crippen LogP contribution in [-0.2, 0) is 6.54 Å². The first-order chi connectivity index (χ1) is 14.1. The van der Waals surface area contributed by atoms with Gasteiger partial charge in [-0.05, 0) is 36.8 Å². The van der Waals surface area contributed by atoms with Gasteiger partial charge in [-0.1, -0.05) is 29.8 Å². The Balaban J connectivity index is 1.41. The van der Waals surface area contributed by atoms with Gasteiger partial charge >= 0.3 is 0 Å². The summed E-state index contributed by atoms with van der Waals surface area (Å²) in [5.74, 6) is 0.510. The van der Waals surface area contributed by atoms with E-state index in [0.717, 1.165) is 11.1 Å². The number of anilines is 1. The fraction of sp³-hybridized carbons (Fsp3) is 0.136. The molecule has 1 aromatic heterocycles. The van der Waals surface area contributed by atoms with Crippen LogP contribution in [0.4, 0.5) is 5.69 Å². The summed E-state index contributed by atoms with van der Waals surface area (Å²) in [6.45, 7) is 2.57. The molecule has 0 spiro atoms. The van der Waals surface area contributed by atoms with Crippen LogP contribution in [0.2, 0.25) is 0 Å². The van der Waals surface area contributed by atoms with E-state index in [-0.39, 0.29) is 18.4 Å². The number of hydrogen-bond acceptors (Lipinski definition) is 5. The third-order valence-electron chi connectivity index (χ3n) is 4.46. The zero-order valence-corrected chi connectivity index (χ0v) is 15.8. The Labute approximate surface area is 167 Å². The third-order valence-corrected chi connectivity index (χ3v) is 4.46. The maximum absolute atomic E-state index is 12.5. The van der Waals surface area contributed by atoms with Gasteiger partial charge in [-0.15, -0.1) is 0 Å². The summed E-state index contributed by atoms with van der Waals surface area (Å²) in [7, 11) is 0. The highest BCUT2D eigenvalue weighted by Gasteiger charge is 2.16. The molecule has 0 unspecified atom stereocenters. The van der Waals surface area contributed by atoms with E-state index in [0.29, 0.717) is 29.3 Å². The predicted octanol–water partition coefficient (Wildman–Crippen LogP) is 3.30. The van der Waals surface area contributed by atoms with Gasteiger partial charge in [0.2, 0.25) is 6.79 Å². The van der Waals surface area contributed by atoms with E-state index in [4.69, 9.17) is 9.47 Å². The summed E-state index contributed by atoms with van der Waals surface area (Å²) in [5.41, 5.74) is 3.22. The Morgan fingerprint density at radius 2 is 1.76 bits per heavy atom. The van der Waals surface area contributed by atoms with E-state index < -0.39 is 5.91 Å². The number of hydrogen-bond donors (Lipinski definition) is 2. The van der Waals surface area contributed by atoms with Crippen molar-refractivity contribution in [2.24, 2.45) is 0 Å². The number of rotatable bonds is 5. The number of ether oxygens (including phenoxy) is 2. The number of nitrogens with one attached hydrogen (secondary N) is 2. The van der Waals surface area contributed by atoms with Gasteiger partial charge in [-0.2, -0.15) is 0 Å². The van der Waals surface area contributed by atoms with E-state index in [1.165, 1.54) is 12.3 Å². The average molecular weight is 389 g/mol. The van der Waals surface area contributed by atoms with Gasteiger partial charge in [0.15, 0.2) is 11.5 Å². The van der Waals surface area contributed by atoms with E-state index in [1.807, 2.05) is 31.2 Å². The molecule has 3 aromatic rings. The van der Waals surface area contributed by atoms with Crippen molar-refractivity contribution >= 4 is 17.5 Å². The second-order valence-electron chi connectivity index (χ2n) is 6.62. The maximum Gasteiger partial charge on any atom is 0.274 e. The smallest absolute Gasteiger partial charge is 0.274 e. The van der Waals surface area contributed by atoms with Crippen molar-refractivity contribution in [3.05, 3.63) is 83.2 Å². The van der Waals surface area contributed by atoms with Gasteiger partial charge in [-0.25, -0.2) is 0 Å². The van der Waals surface area contributed by atoms with Crippen LogP contribution in [-0.4, -0.2) is 23.6 Å². The molecule has 0 atom stereocenters. The standard InChI is InChI=1S/C22H19N3O4/c1-14-2-4-15(5-3-14)12-24-21(26)16-8-9-23-18(10-16)22(27)25-17-6-7-19-20(11-17)29-13-28-19/h2-11H,12-13H2,1H3,(H,24,26)(H,25,27). The molecule has 0 fully saturated rings. The number of carbonyl (C=O) groups excluding carboxylic acids is 2. The molecule has 0 saturated carbocycles. The van der Waals surface area contributed by atoms with Crippen LogP contribution in [0.3, 0.4) is 0 Å². The summed E-state index contributed by atoms with van der Waals surface area (Å²) in [5, 5.41) is 5.60. The van der Waals surface area contributed by atoms with Gasteiger partial charge in [-0.3, -0.25) is 14.6 Å². The normalized spacial score (nSPS) is 11.8. The molecule has 0 aliphatic carbocycles. The number of nitrogens with zero attached hydrogens (tertiary/aromatic N) is 1. The number of benzene rings is 2. The van der Waals surface area contributed by atoms with Gasteiger partial charge in [0.1, 0.15) is 5.69 Å². The van der Waals surface area contributed by atoms with Crippen LogP contribution in [0.25, 0.3) is 0 Å². The number of fused-ring (bicyclic) bond motifs is 1. The molecule has 4 rings (SSSR count). The molecule has 146 valence electrons. The van der Waals surface area contributed by atoms with Crippen LogP contribution < -0.4 is 20.1 Å². The van der Waals surface area contributed by atoms with Crippen LogP contribution in [0.5, 0.6) is 11.5 Å². The lowest BCUT2D eigenvalue weighted by molar-refractivity contribution is 0.0950. The van der Waals surface area contributed by atoms with Crippen molar-refractivity contribution < 1.29 is 19.1 Å². The first-order valence-electron chi connectivity index (χ1n) is 9.09. The van der Waals surface area contributed by atoms with Gasteiger partial charge in [0.05, 0.1) is 0 Å². The Bertz CT molecular complexity index is 1060. The molecular weight excluding hydrogens is 370 g/mol. The second kappa shape index (κ2) is 8.02. The average Bonchev–Trinajstić information content (AvgIpc) is 3.21. The molecule has 2 heterocycles. The van der Waals surface area contributed by atoms with Crippen LogP contribution in [0, 0.1) is 6.92 Å². The lowest BCUT2D eigenvalue weighted by Crippen LogP contribution is -2.23. The minimum Gasteiger partial charge on any atom is -0.454 e. The van der Waals surface area contributed by atoms with Crippen LogP contribution in [0.1, 0.15) is 32.0 Å². The monoisotopic (exact) mass is 389 g/mol. The minimum absolute atomic E-state index is 0.144. The largest absolute Gasteiger partial charge is 0.454 e. The molecule has 7 heteroatoms. The Hall–Kier alpha value is -3.87. The first kappa shape index (κ1) is 18.5. The molecule has 1 aliphatic heterocycles. The number of amides is 2. The zero-order valence-electron chi connectivity index (χ0n) is 15.8. The van der Waals surface area contributed by atoms with Crippen molar-refractivity contribution in [1.82, 2.24) is 10.3 Å². The molecule has 0 saturated heterocycles. The van der Waals surface area contributed by atoms with Gasteiger partial charge in [0.25, 0.3) is 11.8 Å². The molecule has 2 N–H and O–H groups in total. The van der Waals surface area contributed by atoms with E-state index >= 15 is 0 Å². The molecule has 0 radical (unpaired) electrons. The summed E-state index contributed by atoms with van der Waals surface area (Å²) in [6.07, 6.45) is 1.44. The number of aryl methyl sites for hydroxylation is 1. The van der Waals surface area contributed by atoms with Crippen LogP contribution in [0.15, 0.2) is 60.8 Å². The first-order valence-corrected chi connectivity index (χ1v) is 9.09. The van der Waals surface area contributed by atoms with E-state index in [2.05, 4.69) is 15.6 Å². The number of pyridine rings is 1. The Morgan fingerprint density at radius 3 is 2.59 bits per heavy atom. The molecule has 29 heavy (non-hydrogen) atoms. The SMILES string of the molecule is Cc1ccc(CNC(=O)c2ccnc(C(=O)Nc3ccc4c(c3)OCO4)c2)cc1. The fourth-order valence-electron chi connectivity index (χ4n) is 2.86. The highest BCUT2D eigenvalue weighted by molar-refractivity contribution is 6.04. The van der Waals surface area contributed by atoms with E-state index in [1.54, 1.807) is 24.3 Å². The number of carbonyl (C=O) groups is 2. The second-order valence-corrected chi connectivity index (χ2v) is 6.62. The van der Waals surface area contributed by atoms with Gasteiger partial charge < -0.3 is 20.1 Å². The van der Waals surface area contributed by atoms with Crippen molar-refractivity contribution in [3.63, 3.8) is 0 Å². The highest BCUT2D eigenvalue weighted by atomic mass is 16.7. The molecule has 2 amide bonds. The molecular formula is C22H19N3O4. The third kappa shape index (κ3) is 4.35. The lowest BCUT2D eigenvalue weighted by Gasteiger charge is -2.08. The number of aromatic nitrogens is 1. The van der Waals surface area contributed by atoms with Crippen molar-refractivity contribution in [3.8, 4) is 11.5 Å². The van der Waals surface area contributed by atoms with E-state index in [9.17, 15) is 9.59 Å². The predicted molar refractivity (Wildman–Crippen MR) is 107 cm³/mol. The fourth-order valence-corrected chi connectivity index (χ4v) is 2.86. The zero-order chi connectivity index (χ0) is 20.2. The van der Waals surface area contributed by atoms with Crippen LogP contribution >= 0.6 is 0 Å². The lowest BCUT2D eigenvalue weighted by atomic mass is 10.1. The quantitative estimate of drug-likeness (QED) is 0.699. The molecule has 1 aliphatic rings. The summed E-state index contributed by atoms with van der Waals surface area (Å²) < 4.78 is 10.6. The maximum atomic E-state index is 12.5. The minimum atomic E-state index is -0.419. The highest BCUT2D eigenvalue weighted by Crippen LogP contribution is 2.34.